The molecule has 5 heteroatoms. The third-order valence-corrected chi connectivity index (χ3v) is 1.99. The molecule has 0 aliphatic carbocycles. The van der Waals surface area contributed by atoms with E-state index in [1.807, 2.05) is 0 Å². The van der Waals surface area contributed by atoms with Crippen molar-refractivity contribution in [2.75, 3.05) is 6.61 Å². The maximum absolute atomic E-state index is 11.6. The van der Waals surface area contributed by atoms with Gasteiger partial charge in [0.05, 0.1) is 12.5 Å². The summed E-state index contributed by atoms with van der Waals surface area (Å²) in [5, 5.41) is 0. The smallest absolute Gasteiger partial charge is 0.311 e. The monoisotopic (exact) mass is 259 g/mol. The molecular formula is C13H25NO4. The highest BCUT2D eigenvalue weighted by Crippen LogP contribution is 2.13. The van der Waals surface area contributed by atoms with E-state index in [0.29, 0.717) is 0 Å². The SMILES string of the molecule is C[C@@H](CONC(=O)C(C)(C)C)C(=O)OC(C)(C)C. The highest BCUT2D eigenvalue weighted by atomic mass is 16.7. The lowest BCUT2D eigenvalue weighted by Crippen LogP contribution is -2.37. The van der Waals surface area contributed by atoms with Crippen LogP contribution in [0.4, 0.5) is 0 Å². The number of ether oxygens (including phenoxy) is 1. The summed E-state index contributed by atoms with van der Waals surface area (Å²) in [6.45, 7) is 12.5. The summed E-state index contributed by atoms with van der Waals surface area (Å²) < 4.78 is 5.19. The number of nitrogens with one attached hydrogen (secondary N) is 1. The van der Waals surface area contributed by atoms with Gasteiger partial charge >= 0.3 is 5.97 Å². The van der Waals surface area contributed by atoms with Crippen molar-refractivity contribution in [2.24, 2.45) is 11.3 Å². The van der Waals surface area contributed by atoms with Crippen LogP contribution in [-0.2, 0) is 19.2 Å². The molecule has 0 bridgehead atoms. The molecule has 0 aliphatic heterocycles. The summed E-state index contributed by atoms with van der Waals surface area (Å²) in [6.07, 6.45) is 0. The van der Waals surface area contributed by atoms with E-state index in [9.17, 15) is 9.59 Å². The molecule has 0 rings (SSSR count). The predicted molar refractivity (Wildman–Crippen MR) is 68.6 cm³/mol. The van der Waals surface area contributed by atoms with Gasteiger partial charge in [-0.1, -0.05) is 20.8 Å². The van der Waals surface area contributed by atoms with Gasteiger partial charge in [-0.2, -0.15) is 0 Å². The normalized spacial score (nSPS) is 13.9. The van der Waals surface area contributed by atoms with Crippen LogP contribution in [0.2, 0.25) is 0 Å². The Hall–Kier alpha value is -1.10. The number of hydrogen-bond donors (Lipinski definition) is 1. The Morgan fingerprint density at radius 3 is 2.00 bits per heavy atom. The quantitative estimate of drug-likeness (QED) is 0.620. The summed E-state index contributed by atoms with van der Waals surface area (Å²) in [7, 11) is 0. The minimum atomic E-state index is -0.519. The zero-order valence-electron chi connectivity index (χ0n) is 12.4. The molecule has 0 fully saturated rings. The van der Waals surface area contributed by atoms with Crippen LogP contribution >= 0.6 is 0 Å². The fraction of sp³-hybridized carbons (Fsp3) is 0.846. The molecule has 0 unspecified atom stereocenters. The predicted octanol–water partition coefficient (Wildman–Crippen LogP) is 2.06. The van der Waals surface area contributed by atoms with Gasteiger partial charge in [0.2, 0.25) is 5.91 Å². The van der Waals surface area contributed by atoms with E-state index in [-0.39, 0.29) is 18.5 Å². The molecule has 0 saturated carbocycles. The Morgan fingerprint density at radius 2 is 1.61 bits per heavy atom. The fourth-order valence-corrected chi connectivity index (χ4v) is 0.856. The van der Waals surface area contributed by atoms with Crippen molar-refractivity contribution < 1.29 is 19.2 Å². The van der Waals surface area contributed by atoms with Crippen molar-refractivity contribution in [1.29, 1.82) is 0 Å². The van der Waals surface area contributed by atoms with Gasteiger partial charge in [0.1, 0.15) is 5.60 Å². The number of hydroxylamine groups is 1. The highest BCUT2D eigenvalue weighted by Gasteiger charge is 2.24. The fourth-order valence-electron chi connectivity index (χ4n) is 0.856. The van der Waals surface area contributed by atoms with E-state index < -0.39 is 16.9 Å². The zero-order valence-corrected chi connectivity index (χ0v) is 12.4. The van der Waals surface area contributed by atoms with Crippen molar-refractivity contribution in [2.45, 2.75) is 54.1 Å². The van der Waals surface area contributed by atoms with Crippen LogP contribution in [0.25, 0.3) is 0 Å². The molecule has 0 saturated heterocycles. The van der Waals surface area contributed by atoms with Gasteiger partial charge in [-0.3, -0.25) is 14.4 Å². The van der Waals surface area contributed by atoms with Gasteiger partial charge in [0.15, 0.2) is 0 Å². The molecule has 0 heterocycles. The molecule has 1 N–H and O–H groups in total. The van der Waals surface area contributed by atoms with E-state index in [1.54, 1.807) is 48.5 Å². The zero-order chi connectivity index (χ0) is 14.6. The van der Waals surface area contributed by atoms with Crippen LogP contribution in [-0.4, -0.2) is 24.1 Å². The second kappa shape index (κ2) is 6.18. The van der Waals surface area contributed by atoms with Gasteiger partial charge in [0.25, 0.3) is 0 Å². The van der Waals surface area contributed by atoms with E-state index in [1.165, 1.54) is 0 Å². The minimum Gasteiger partial charge on any atom is -0.460 e. The highest BCUT2D eigenvalue weighted by molar-refractivity contribution is 5.80. The Labute approximate surface area is 109 Å². The van der Waals surface area contributed by atoms with Crippen LogP contribution in [0, 0.1) is 11.3 Å². The van der Waals surface area contributed by atoms with Crippen LogP contribution < -0.4 is 5.48 Å². The van der Waals surface area contributed by atoms with Crippen LogP contribution in [0.5, 0.6) is 0 Å². The molecule has 5 nitrogen and oxygen atoms in total. The molecule has 1 amide bonds. The van der Waals surface area contributed by atoms with Crippen LogP contribution in [0.1, 0.15) is 48.5 Å². The second-order valence-corrected chi connectivity index (χ2v) is 6.43. The number of amides is 1. The Balaban J connectivity index is 4.02. The standard InChI is InChI=1S/C13H25NO4/c1-9(10(15)18-13(5,6)7)8-17-14-11(16)12(2,3)4/h9H,8H2,1-7H3,(H,14,16)/t9-/m0/s1. The van der Waals surface area contributed by atoms with Crippen molar-refractivity contribution in [3.63, 3.8) is 0 Å². The molecule has 1 atom stereocenters. The van der Waals surface area contributed by atoms with Crippen LogP contribution in [0.3, 0.4) is 0 Å². The first kappa shape index (κ1) is 16.9. The topological polar surface area (TPSA) is 64.6 Å². The first-order chi connectivity index (χ1) is 7.93. The van der Waals surface area contributed by atoms with Crippen molar-refractivity contribution >= 4 is 11.9 Å². The average Bonchev–Trinajstić information content (AvgIpc) is 2.12. The van der Waals surface area contributed by atoms with Gasteiger partial charge in [0, 0.05) is 5.41 Å². The summed E-state index contributed by atoms with van der Waals surface area (Å²) in [6, 6.07) is 0. The van der Waals surface area contributed by atoms with Gasteiger partial charge in [-0.15, -0.1) is 0 Å². The van der Waals surface area contributed by atoms with Gasteiger partial charge < -0.3 is 4.74 Å². The number of carbonyl (C=O) groups is 2. The summed E-state index contributed by atoms with van der Waals surface area (Å²) in [5.74, 6) is -0.990. The van der Waals surface area contributed by atoms with Gasteiger partial charge in [-0.25, -0.2) is 5.48 Å². The van der Waals surface area contributed by atoms with E-state index >= 15 is 0 Å². The summed E-state index contributed by atoms with van der Waals surface area (Å²) in [5.41, 5.74) is 1.29. The number of hydrogen-bond acceptors (Lipinski definition) is 4. The molecule has 18 heavy (non-hydrogen) atoms. The first-order valence-electron chi connectivity index (χ1n) is 6.08. The lowest BCUT2D eigenvalue weighted by Gasteiger charge is -2.22. The number of esters is 1. The summed E-state index contributed by atoms with van der Waals surface area (Å²) >= 11 is 0. The Kier molecular flexibility index (Phi) is 5.80. The van der Waals surface area contributed by atoms with E-state index in [4.69, 9.17) is 9.57 Å². The number of carbonyl (C=O) groups excluding carboxylic acids is 2. The molecule has 0 spiro atoms. The molecule has 106 valence electrons. The molecule has 0 aromatic carbocycles. The van der Waals surface area contributed by atoms with Crippen molar-refractivity contribution in [3.8, 4) is 0 Å². The van der Waals surface area contributed by atoms with E-state index in [2.05, 4.69) is 5.48 Å². The lowest BCUT2D eigenvalue weighted by molar-refractivity contribution is -0.164. The maximum atomic E-state index is 11.6. The average molecular weight is 259 g/mol. The number of rotatable bonds is 4. The molecular weight excluding hydrogens is 234 g/mol. The molecule has 0 radical (unpaired) electrons. The van der Waals surface area contributed by atoms with Gasteiger partial charge in [-0.05, 0) is 27.7 Å². The molecule has 0 aromatic heterocycles. The van der Waals surface area contributed by atoms with Crippen molar-refractivity contribution in [3.05, 3.63) is 0 Å². The van der Waals surface area contributed by atoms with Crippen LogP contribution in [0.15, 0.2) is 0 Å². The molecule has 0 aliphatic rings. The van der Waals surface area contributed by atoms with Crippen molar-refractivity contribution in [1.82, 2.24) is 5.48 Å². The maximum Gasteiger partial charge on any atom is 0.311 e. The molecule has 0 aromatic rings. The Bertz CT molecular complexity index is 299. The second-order valence-electron chi connectivity index (χ2n) is 6.43. The third kappa shape index (κ3) is 7.27. The summed E-state index contributed by atoms with van der Waals surface area (Å²) in [4.78, 5) is 28.1. The lowest BCUT2D eigenvalue weighted by atomic mass is 9.96. The third-order valence-electron chi connectivity index (χ3n) is 1.99. The van der Waals surface area contributed by atoms with E-state index in [0.717, 1.165) is 0 Å². The first-order valence-corrected chi connectivity index (χ1v) is 6.08. The Morgan fingerprint density at radius 1 is 1.11 bits per heavy atom. The minimum absolute atomic E-state index is 0.0940. The largest absolute Gasteiger partial charge is 0.460 e.